The van der Waals surface area contributed by atoms with E-state index in [0.717, 1.165) is 38.8 Å². The molecule has 1 atom stereocenters. The van der Waals surface area contributed by atoms with Crippen LogP contribution >= 0.6 is 11.3 Å². The fraction of sp³-hybridized carbons (Fsp3) is 0.700. The highest BCUT2D eigenvalue weighted by Crippen LogP contribution is 2.27. The lowest BCUT2D eigenvalue weighted by atomic mass is 9.98. The van der Waals surface area contributed by atoms with E-state index in [4.69, 9.17) is 0 Å². The zero-order valence-corrected chi connectivity index (χ0v) is 16.8. The van der Waals surface area contributed by atoms with Gasteiger partial charge < -0.3 is 15.1 Å². The van der Waals surface area contributed by atoms with E-state index in [1.807, 2.05) is 9.80 Å². The quantitative estimate of drug-likeness (QED) is 0.849. The predicted molar refractivity (Wildman–Crippen MR) is 105 cm³/mol. The molecule has 2 heterocycles. The lowest BCUT2D eigenvalue weighted by Crippen LogP contribution is -2.48. The monoisotopic (exact) mass is 377 g/mol. The number of piperidine rings is 1. The summed E-state index contributed by atoms with van der Waals surface area (Å²) < 4.78 is 0. The van der Waals surface area contributed by atoms with Gasteiger partial charge >= 0.3 is 6.03 Å². The molecular weight excluding hydrogens is 346 g/mol. The summed E-state index contributed by atoms with van der Waals surface area (Å²) in [6.45, 7) is 6.73. The van der Waals surface area contributed by atoms with Gasteiger partial charge in [0.2, 0.25) is 5.91 Å². The second-order valence-corrected chi connectivity index (χ2v) is 9.11. The molecule has 1 N–H and O–H groups in total. The third-order valence-corrected chi connectivity index (χ3v) is 6.64. The highest BCUT2D eigenvalue weighted by molar-refractivity contribution is 7.11. The van der Waals surface area contributed by atoms with Gasteiger partial charge in [-0.15, -0.1) is 11.3 Å². The van der Waals surface area contributed by atoms with Crippen molar-refractivity contribution in [2.75, 3.05) is 19.6 Å². The zero-order valence-electron chi connectivity index (χ0n) is 16.0. The lowest BCUT2D eigenvalue weighted by molar-refractivity contribution is -0.130. The summed E-state index contributed by atoms with van der Waals surface area (Å²) in [5.74, 6) is 0.507. The van der Waals surface area contributed by atoms with Crippen molar-refractivity contribution in [3.8, 4) is 0 Å². The molecule has 1 aromatic rings. The van der Waals surface area contributed by atoms with Gasteiger partial charge in [-0.25, -0.2) is 4.79 Å². The minimum atomic E-state index is 0.0582. The Morgan fingerprint density at radius 3 is 2.65 bits per heavy atom. The summed E-state index contributed by atoms with van der Waals surface area (Å²) in [5.41, 5.74) is 0. The van der Waals surface area contributed by atoms with Crippen molar-refractivity contribution in [1.29, 1.82) is 0 Å². The molecule has 1 aromatic heterocycles. The molecule has 2 aliphatic rings. The van der Waals surface area contributed by atoms with Gasteiger partial charge in [0.05, 0.1) is 6.54 Å². The van der Waals surface area contributed by atoms with E-state index in [9.17, 15) is 9.59 Å². The van der Waals surface area contributed by atoms with Gasteiger partial charge in [0.15, 0.2) is 0 Å². The van der Waals surface area contributed by atoms with E-state index < -0.39 is 0 Å². The van der Waals surface area contributed by atoms with Crippen molar-refractivity contribution in [3.63, 3.8) is 0 Å². The number of nitrogens with zero attached hydrogens (tertiary/aromatic N) is 2. The van der Waals surface area contributed by atoms with Crippen LogP contribution in [0.5, 0.6) is 0 Å². The van der Waals surface area contributed by atoms with Crippen LogP contribution in [0.3, 0.4) is 0 Å². The molecule has 0 unspecified atom stereocenters. The molecule has 26 heavy (non-hydrogen) atoms. The van der Waals surface area contributed by atoms with Crippen molar-refractivity contribution in [3.05, 3.63) is 21.9 Å². The van der Waals surface area contributed by atoms with E-state index in [0.29, 0.717) is 25.0 Å². The maximum atomic E-state index is 12.9. The smallest absolute Gasteiger partial charge is 0.317 e. The number of urea groups is 1. The molecule has 1 saturated heterocycles. The number of amides is 3. The molecule has 3 amide bonds. The maximum absolute atomic E-state index is 12.9. The first kappa shape index (κ1) is 19.2. The molecule has 3 rings (SSSR count). The second-order valence-electron chi connectivity index (χ2n) is 7.74. The van der Waals surface area contributed by atoms with Crippen LogP contribution in [0.2, 0.25) is 0 Å². The average molecular weight is 378 g/mol. The van der Waals surface area contributed by atoms with Gasteiger partial charge in [0.1, 0.15) is 0 Å². The zero-order chi connectivity index (χ0) is 18.5. The number of aryl methyl sites for hydroxylation is 1. The van der Waals surface area contributed by atoms with Gasteiger partial charge in [0.25, 0.3) is 0 Å². The fourth-order valence-corrected chi connectivity index (χ4v) is 5.06. The first-order valence-electron chi connectivity index (χ1n) is 9.88. The number of rotatable bonds is 5. The van der Waals surface area contributed by atoms with Crippen molar-refractivity contribution >= 4 is 23.3 Å². The molecule has 5 nitrogen and oxygen atoms in total. The minimum absolute atomic E-state index is 0.0582. The third-order valence-electron chi connectivity index (χ3n) is 5.65. The lowest BCUT2D eigenvalue weighted by Gasteiger charge is -2.33. The first-order chi connectivity index (χ1) is 12.5. The molecule has 0 spiro atoms. The molecule has 2 fully saturated rings. The maximum Gasteiger partial charge on any atom is 0.317 e. The van der Waals surface area contributed by atoms with Gasteiger partial charge in [0, 0.05) is 42.4 Å². The molecule has 1 saturated carbocycles. The first-order valence-corrected chi connectivity index (χ1v) is 10.7. The van der Waals surface area contributed by atoms with E-state index in [1.54, 1.807) is 18.3 Å². The molecule has 0 aromatic carbocycles. The van der Waals surface area contributed by atoms with E-state index in [2.05, 4.69) is 24.4 Å². The Bertz CT molecular complexity index is 624. The summed E-state index contributed by atoms with van der Waals surface area (Å²) in [5, 5.41) is 3.17. The summed E-state index contributed by atoms with van der Waals surface area (Å²) in [6, 6.07) is 4.69. The Kier molecular flexibility index (Phi) is 6.57. The molecule has 0 bridgehead atoms. The van der Waals surface area contributed by atoms with Crippen LogP contribution in [0.1, 0.15) is 55.2 Å². The normalized spacial score (nSPS) is 21.0. The highest BCUT2D eigenvalue weighted by atomic mass is 32.1. The summed E-state index contributed by atoms with van der Waals surface area (Å²) in [7, 11) is 0. The van der Waals surface area contributed by atoms with Crippen molar-refractivity contribution in [1.82, 2.24) is 15.1 Å². The molecular formula is C20H31N3O2S. The topological polar surface area (TPSA) is 52.7 Å². The van der Waals surface area contributed by atoms with Crippen LogP contribution in [-0.4, -0.2) is 47.4 Å². The molecule has 144 valence electrons. The Morgan fingerprint density at radius 1 is 1.23 bits per heavy atom. The number of nitrogens with one attached hydrogen (secondary N) is 1. The Labute approximate surface area is 160 Å². The predicted octanol–water partition coefficient (Wildman–Crippen LogP) is 3.77. The van der Waals surface area contributed by atoms with Crippen LogP contribution in [0.25, 0.3) is 0 Å². The SMILES string of the molecule is CC(=O)N1CCC[C@@H](CNC(=O)N(Cc2ccc(C)s2)C2CCCC2)C1. The summed E-state index contributed by atoms with van der Waals surface area (Å²) in [4.78, 5) is 31.0. The molecule has 6 heteroatoms. The van der Waals surface area contributed by atoms with Crippen LogP contribution in [-0.2, 0) is 11.3 Å². The highest BCUT2D eigenvalue weighted by Gasteiger charge is 2.28. The fourth-order valence-electron chi connectivity index (χ4n) is 4.17. The third kappa shape index (κ3) is 5.00. The van der Waals surface area contributed by atoms with Gasteiger partial charge in [-0.3, -0.25) is 4.79 Å². The standard InChI is InChI=1S/C20H31N3O2S/c1-15-9-10-19(26-15)14-23(18-7-3-4-8-18)20(25)21-12-17-6-5-11-22(13-17)16(2)24/h9-10,17-18H,3-8,11-14H2,1-2H3,(H,21,25)/t17-/m0/s1. The van der Waals surface area contributed by atoms with E-state index in [-0.39, 0.29) is 11.9 Å². The van der Waals surface area contributed by atoms with Crippen LogP contribution in [0.15, 0.2) is 12.1 Å². The van der Waals surface area contributed by atoms with Crippen LogP contribution in [0.4, 0.5) is 4.79 Å². The van der Waals surface area contributed by atoms with Gasteiger partial charge in [-0.1, -0.05) is 12.8 Å². The number of carbonyl (C=O) groups is 2. The van der Waals surface area contributed by atoms with Crippen LogP contribution < -0.4 is 5.32 Å². The van der Waals surface area contributed by atoms with Gasteiger partial charge in [-0.05, 0) is 50.7 Å². The second kappa shape index (κ2) is 8.89. The number of hydrogen-bond donors (Lipinski definition) is 1. The molecule has 0 radical (unpaired) electrons. The average Bonchev–Trinajstić information content (AvgIpc) is 3.29. The molecule has 1 aliphatic heterocycles. The summed E-state index contributed by atoms with van der Waals surface area (Å²) in [6.07, 6.45) is 6.76. The number of thiophene rings is 1. The van der Waals surface area contributed by atoms with Crippen molar-refractivity contribution in [2.24, 2.45) is 5.92 Å². The number of carbonyl (C=O) groups excluding carboxylic acids is 2. The Balaban J connectivity index is 1.57. The minimum Gasteiger partial charge on any atom is -0.343 e. The number of likely N-dealkylation sites (tertiary alicyclic amines) is 1. The van der Waals surface area contributed by atoms with Crippen molar-refractivity contribution in [2.45, 2.75) is 65.0 Å². The van der Waals surface area contributed by atoms with E-state index >= 15 is 0 Å². The Morgan fingerprint density at radius 2 is 2.00 bits per heavy atom. The van der Waals surface area contributed by atoms with Gasteiger partial charge in [-0.2, -0.15) is 0 Å². The van der Waals surface area contributed by atoms with Crippen LogP contribution in [0, 0.1) is 12.8 Å². The largest absolute Gasteiger partial charge is 0.343 e. The van der Waals surface area contributed by atoms with Crippen molar-refractivity contribution < 1.29 is 9.59 Å². The van der Waals surface area contributed by atoms with E-state index in [1.165, 1.54) is 22.6 Å². The number of hydrogen-bond acceptors (Lipinski definition) is 3. The Hall–Kier alpha value is -1.56. The molecule has 1 aliphatic carbocycles. The summed E-state index contributed by atoms with van der Waals surface area (Å²) >= 11 is 1.78.